The molecule has 0 saturated carbocycles. The van der Waals surface area contributed by atoms with Gasteiger partial charge in [0.15, 0.2) is 0 Å². The summed E-state index contributed by atoms with van der Waals surface area (Å²) in [7, 11) is -3.97. The molecule has 3 N–H and O–H groups in total. The van der Waals surface area contributed by atoms with Crippen molar-refractivity contribution in [2.45, 2.75) is 0 Å². The van der Waals surface area contributed by atoms with Gasteiger partial charge in [-0.05, 0) is 15.9 Å². The Morgan fingerprint density at radius 3 is 2.73 bits per heavy atom. The largest absolute Gasteiger partial charge is 0.381 e. The molecule has 0 aliphatic rings. The van der Waals surface area contributed by atoms with Crippen molar-refractivity contribution in [2.75, 3.05) is 0 Å². The molecule has 1 aromatic heterocycles. The zero-order chi connectivity index (χ0) is 8.48. The summed E-state index contributed by atoms with van der Waals surface area (Å²) in [6.45, 7) is 0. The molecule has 11 heavy (non-hydrogen) atoms. The standard InChI is InChI=1S/C3H4BrN3O3S/c4-2-1-6-7-3(2)10-11(5,8)9/h1H,(H,6,7)(H2,5,8,9). The van der Waals surface area contributed by atoms with E-state index in [2.05, 4.69) is 35.4 Å². The van der Waals surface area contributed by atoms with Gasteiger partial charge in [0, 0.05) is 0 Å². The highest BCUT2D eigenvalue weighted by Gasteiger charge is 2.09. The lowest BCUT2D eigenvalue weighted by atomic mass is 10.7. The fraction of sp³-hybridized carbons (Fsp3) is 0. The highest BCUT2D eigenvalue weighted by Crippen LogP contribution is 2.20. The van der Waals surface area contributed by atoms with Crippen molar-refractivity contribution in [3.63, 3.8) is 0 Å². The van der Waals surface area contributed by atoms with Gasteiger partial charge in [-0.25, -0.2) is 5.10 Å². The van der Waals surface area contributed by atoms with Crippen LogP contribution in [0.2, 0.25) is 0 Å². The predicted octanol–water partition coefficient (Wildman–Crippen LogP) is -0.245. The average molecular weight is 242 g/mol. The number of aromatic amines is 1. The summed E-state index contributed by atoms with van der Waals surface area (Å²) in [5.74, 6) is -0.0347. The Balaban J connectivity index is 2.89. The summed E-state index contributed by atoms with van der Waals surface area (Å²) in [4.78, 5) is 0. The summed E-state index contributed by atoms with van der Waals surface area (Å²) in [5.41, 5.74) is 0. The summed E-state index contributed by atoms with van der Waals surface area (Å²) in [6, 6.07) is 0. The SMILES string of the molecule is NS(=O)(=O)Oc1[nH]ncc1Br. The molecule has 1 aromatic rings. The van der Waals surface area contributed by atoms with E-state index < -0.39 is 10.3 Å². The molecule has 1 rings (SSSR count). The van der Waals surface area contributed by atoms with Gasteiger partial charge >= 0.3 is 10.3 Å². The first-order chi connectivity index (χ1) is 4.99. The Morgan fingerprint density at radius 2 is 2.36 bits per heavy atom. The topological polar surface area (TPSA) is 98.1 Å². The van der Waals surface area contributed by atoms with Crippen molar-refractivity contribution in [1.29, 1.82) is 0 Å². The van der Waals surface area contributed by atoms with Crippen molar-refractivity contribution in [3.8, 4) is 5.88 Å². The van der Waals surface area contributed by atoms with Crippen LogP contribution in [0.15, 0.2) is 10.7 Å². The number of hydrogen-bond donors (Lipinski definition) is 2. The van der Waals surface area contributed by atoms with Crippen LogP contribution in [0.25, 0.3) is 0 Å². The van der Waals surface area contributed by atoms with Crippen LogP contribution in [0.4, 0.5) is 0 Å². The summed E-state index contributed by atoms with van der Waals surface area (Å²) in [5, 5.41) is 10.3. The molecule has 0 aromatic carbocycles. The van der Waals surface area contributed by atoms with Crippen molar-refractivity contribution >= 4 is 26.2 Å². The third kappa shape index (κ3) is 2.48. The van der Waals surface area contributed by atoms with Crippen molar-refractivity contribution in [3.05, 3.63) is 10.7 Å². The molecule has 0 unspecified atom stereocenters. The number of halogens is 1. The first-order valence-electron chi connectivity index (χ1n) is 2.40. The van der Waals surface area contributed by atoms with E-state index in [4.69, 9.17) is 0 Å². The Bertz CT molecular complexity index is 344. The van der Waals surface area contributed by atoms with Crippen molar-refractivity contribution < 1.29 is 12.6 Å². The Morgan fingerprint density at radius 1 is 1.73 bits per heavy atom. The number of nitrogens with two attached hydrogens (primary N) is 1. The number of rotatable bonds is 2. The van der Waals surface area contributed by atoms with Gasteiger partial charge in [-0.15, -0.1) is 0 Å². The van der Waals surface area contributed by atoms with E-state index >= 15 is 0 Å². The van der Waals surface area contributed by atoms with Gasteiger partial charge < -0.3 is 4.18 Å². The molecule has 8 heteroatoms. The van der Waals surface area contributed by atoms with Crippen molar-refractivity contribution in [1.82, 2.24) is 10.2 Å². The van der Waals surface area contributed by atoms with Gasteiger partial charge in [-0.2, -0.15) is 18.7 Å². The van der Waals surface area contributed by atoms with Crippen LogP contribution >= 0.6 is 15.9 Å². The number of aromatic nitrogens is 2. The van der Waals surface area contributed by atoms with E-state index in [-0.39, 0.29) is 5.88 Å². The minimum atomic E-state index is -3.97. The van der Waals surface area contributed by atoms with E-state index in [1.165, 1.54) is 6.20 Å². The van der Waals surface area contributed by atoms with Crippen LogP contribution in [0.1, 0.15) is 0 Å². The number of nitrogens with one attached hydrogen (secondary N) is 1. The zero-order valence-corrected chi connectivity index (χ0v) is 7.52. The van der Waals surface area contributed by atoms with Gasteiger partial charge in [0.1, 0.15) is 4.47 Å². The van der Waals surface area contributed by atoms with Crippen LogP contribution in [0.5, 0.6) is 5.88 Å². The van der Waals surface area contributed by atoms with Crippen molar-refractivity contribution in [2.24, 2.45) is 5.14 Å². The maximum absolute atomic E-state index is 10.3. The van der Waals surface area contributed by atoms with Gasteiger partial charge in [0.25, 0.3) is 0 Å². The second-order valence-corrected chi connectivity index (χ2v) is 3.63. The van der Waals surface area contributed by atoms with Gasteiger partial charge in [-0.1, -0.05) is 0 Å². The third-order valence-electron chi connectivity index (χ3n) is 0.760. The highest BCUT2D eigenvalue weighted by atomic mass is 79.9. The van der Waals surface area contributed by atoms with E-state index in [0.717, 1.165) is 0 Å². The summed E-state index contributed by atoms with van der Waals surface area (Å²) >= 11 is 2.98. The van der Waals surface area contributed by atoms with Crippen LogP contribution in [0, 0.1) is 0 Å². The molecule has 0 atom stereocenters. The van der Waals surface area contributed by atoms with Crippen LogP contribution in [-0.2, 0) is 10.3 Å². The monoisotopic (exact) mass is 241 g/mol. The van der Waals surface area contributed by atoms with E-state index in [1.54, 1.807) is 0 Å². The number of nitrogens with zero attached hydrogens (tertiary/aromatic N) is 1. The molecular formula is C3H4BrN3O3S. The van der Waals surface area contributed by atoms with Crippen LogP contribution in [0.3, 0.4) is 0 Å². The van der Waals surface area contributed by atoms with E-state index in [0.29, 0.717) is 4.47 Å². The molecule has 1 heterocycles. The average Bonchev–Trinajstić information content (AvgIpc) is 2.12. The fourth-order valence-corrected chi connectivity index (χ4v) is 1.17. The molecule has 0 bridgehead atoms. The molecule has 0 amide bonds. The predicted molar refractivity (Wildman–Crippen MR) is 40.0 cm³/mol. The smallest absolute Gasteiger partial charge is 0.350 e. The third-order valence-corrected chi connectivity index (χ3v) is 1.72. The molecule has 0 aliphatic carbocycles. The molecule has 0 radical (unpaired) electrons. The molecule has 0 fully saturated rings. The quantitative estimate of drug-likeness (QED) is 0.747. The molecule has 0 aliphatic heterocycles. The zero-order valence-electron chi connectivity index (χ0n) is 5.11. The van der Waals surface area contributed by atoms with Gasteiger partial charge in [0.2, 0.25) is 5.88 Å². The second-order valence-electron chi connectivity index (χ2n) is 1.62. The van der Waals surface area contributed by atoms with E-state index in [9.17, 15) is 8.42 Å². The molecule has 0 spiro atoms. The fourth-order valence-electron chi connectivity index (χ4n) is 0.434. The number of H-pyrrole nitrogens is 1. The van der Waals surface area contributed by atoms with Crippen LogP contribution < -0.4 is 9.32 Å². The maximum Gasteiger partial charge on any atom is 0.381 e. The number of hydrogen-bond acceptors (Lipinski definition) is 4. The van der Waals surface area contributed by atoms with Gasteiger partial charge in [0.05, 0.1) is 6.20 Å². The second kappa shape index (κ2) is 2.80. The lowest BCUT2D eigenvalue weighted by molar-refractivity contribution is 0.475. The molecule has 62 valence electrons. The summed E-state index contributed by atoms with van der Waals surface area (Å²) in [6.07, 6.45) is 1.35. The molecular weight excluding hydrogens is 238 g/mol. The highest BCUT2D eigenvalue weighted by molar-refractivity contribution is 9.10. The lowest BCUT2D eigenvalue weighted by Crippen LogP contribution is -2.19. The van der Waals surface area contributed by atoms with E-state index in [1.807, 2.05) is 0 Å². The minimum Gasteiger partial charge on any atom is -0.350 e. The van der Waals surface area contributed by atoms with Gasteiger partial charge in [-0.3, -0.25) is 0 Å². The lowest BCUT2D eigenvalue weighted by Gasteiger charge is -1.97. The first kappa shape index (κ1) is 8.50. The Labute approximate surface area is 71.1 Å². The molecule has 6 nitrogen and oxygen atoms in total. The van der Waals surface area contributed by atoms with Crippen LogP contribution in [-0.4, -0.2) is 18.6 Å². The minimum absolute atomic E-state index is 0.0347. The Kier molecular flexibility index (Phi) is 2.16. The Hall–Kier alpha value is -0.600. The summed E-state index contributed by atoms with van der Waals surface area (Å²) < 4.78 is 25.3. The molecule has 0 saturated heterocycles. The normalized spacial score (nSPS) is 11.5. The maximum atomic E-state index is 10.3. The first-order valence-corrected chi connectivity index (χ1v) is 4.66.